The third kappa shape index (κ3) is 5.47. The van der Waals surface area contributed by atoms with Crippen LogP contribution in [0.3, 0.4) is 0 Å². The van der Waals surface area contributed by atoms with Crippen molar-refractivity contribution in [2.75, 3.05) is 0 Å². The van der Waals surface area contributed by atoms with E-state index in [0.717, 1.165) is 6.42 Å². The average Bonchev–Trinajstić information content (AvgIpc) is 1.61. The lowest BCUT2D eigenvalue weighted by Crippen LogP contribution is -2.10. The van der Waals surface area contributed by atoms with E-state index < -0.39 is 0 Å². The van der Waals surface area contributed by atoms with Gasteiger partial charge < -0.3 is 5.73 Å². The van der Waals surface area contributed by atoms with E-state index in [1.807, 2.05) is 13.8 Å². The van der Waals surface area contributed by atoms with E-state index in [0.29, 0.717) is 6.42 Å². The van der Waals surface area contributed by atoms with E-state index >= 15 is 0 Å². The fraction of sp³-hybridized carbons (Fsp3) is 0.667. The molecule has 0 bridgehead atoms. The van der Waals surface area contributed by atoms with Gasteiger partial charge in [0.15, 0.2) is 0 Å². The van der Waals surface area contributed by atoms with Crippen molar-refractivity contribution in [2.45, 2.75) is 26.7 Å². The van der Waals surface area contributed by atoms with Gasteiger partial charge >= 0.3 is 0 Å². The molecule has 0 atom stereocenters. The number of carbonyl (C=O) groups excluding carboxylic acids is 1. The Hall–Kier alpha value is -0.530. The van der Waals surface area contributed by atoms with Crippen LogP contribution < -0.4 is 5.73 Å². The maximum absolute atomic E-state index is 10.1. The molecule has 0 spiro atoms. The predicted octanol–water partition coefficient (Wildman–Crippen LogP) is 0.866. The molecule has 0 aromatic heterocycles. The fourth-order valence-electron chi connectivity index (χ4n) is 0.373. The van der Waals surface area contributed by atoms with Gasteiger partial charge in [-0.3, -0.25) is 4.79 Å². The lowest BCUT2D eigenvalue weighted by Gasteiger charge is -1.97. The summed E-state index contributed by atoms with van der Waals surface area (Å²) in [6.07, 6.45) is 1.32. The van der Waals surface area contributed by atoms with Gasteiger partial charge in [0, 0.05) is 6.42 Å². The maximum atomic E-state index is 10.1. The lowest BCUT2D eigenvalue weighted by molar-refractivity contribution is -0.118. The number of hydrogen-bond acceptors (Lipinski definition) is 1. The van der Waals surface area contributed by atoms with Gasteiger partial charge in [0.2, 0.25) is 5.91 Å². The van der Waals surface area contributed by atoms with Crippen molar-refractivity contribution in [3.63, 3.8) is 0 Å². The number of primary amides is 1. The second kappa shape index (κ2) is 3.47. The van der Waals surface area contributed by atoms with E-state index in [1.165, 1.54) is 5.92 Å². The van der Waals surface area contributed by atoms with Gasteiger partial charge in [0.05, 0.1) is 0 Å². The molecule has 0 fully saturated rings. The highest BCUT2D eigenvalue weighted by molar-refractivity contribution is 5.73. The molecule has 2 heteroatoms. The second-order valence-corrected chi connectivity index (χ2v) is 2.17. The van der Waals surface area contributed by atoms with E-state index in [9.17, 15) is 4.79 Å². The van der Waals surface area contributed by atoms with E-state index in [4.69, 9.17) is 5.73 Å². The molecule has 0 unspecified atom stereocenters. The van der Waals surface area contributed by atoms with Gasteiger partial charge in [0.25, 0.3) is 0 Å². The molecule has 0 saturated heterocycles. The topological polar surface area (TPSA) is 43.1 Å². The smallest absolute Gasteiger partial charge is 0.217 e. The molecule has 0 saturated carbocycles. The van der Waals surface area contributed by atoms with Crippen LogP contribution in [0, 0.1) is 5.92 Å². The van der Waals surface area contributed by atoms with Crippen LogP contribution in [0.4, 0.5) is 0 Å². The summed E-state index contributed by atoms with van der Waals surface area (Å²) in [5, 5.41) is 0. The first-order chi connectivity index (χ1) is 3.63. The van der Waals surface area contributed by atoms with Gasteiger partial charge in [-0.15, -0.1) is 0 Å². The third-order valence-corrected chi connectivity index (χ3v) is 0.871. The summed E-state index contributed by atoms with van der Waals surface area (Å²) in [7, 11) is 0. The summed E-state index contributed by atoms with van der Waals surface area (Å²) in [4.78, 5) is 10.1. The van der Waals surface area contributed by atoms with E-state index in [1.54, 1.807) is 0 Å². The first kappa shape index (κ1) is 7.47. The molecule has 47 valence electrons. The van der Waals surface area contributed by atoms with Crippen LogP contribution in [0.1, 0.15) is 26.7 Å². The molecule has 0 rings (SSSR count). The van der Waals surface area contributed by atoms with Crippen molar-refractivity contribution in [1.82, 2.24) is 0 Å². The predicted molar refractivity (Wildman–Crippen MR) is 33.0 cm³/mol. The van der Waals surface area contributed by atoms with Gasteiger partial charge in [0.1, 0.15) is 0 Å². The highest BCUT2D eigenvalue weighted by atomic mass is 16.1. The summed E-state index contributed by atoms with van der Waals surface area (Å²) in [5.41, 5.74) is 4.89. The minimum Gasteiger partial charge on any atom is -0.370 e. The van der Waals surface area contributed by atoms with Gasteiger partial charge in [-0.05, 0) is 12.3 Å². The Morgan fingerprint density at radius 3 is 2.00 bits per heavy atom. The van der Waals surface area contributed by atoms with Crippen molar-refractivity contribution in [3.8, 4) is 0 Å². The molecular weight excluding hydrogens is 102 g/mol. The Kier molecular flexibility index (Phi) is 3.24. The minimum absolute atomic E-state index is 0.216. The van der Waals surface area contributed by atoms with Crippen LogP contribution in [0.5, 0.6) is 0 Å². The zero-order valence-corrected chi connectivity index (χ0v) is 5.40. The van der Waals surface area contributed by atoms with Crippen molar-refractivity contribution in [3.05, 3.63) is 5.92 Å². The van der Waals surface area contributed by atoms with Crippen molar-refractivity contribution in [1.29, 1.82) is 0 Å². The molecule has 0 aromatic rings. The molecular formula is C6H12NO. The Bertz CT molecular complexity index is 78.6. The summed E-state index contributed by atoms with van der Waals surface area (Å²) in [6, 6.07) is 0. The van der Waals surface area contributed by atoms with E-state index in [-0.39, 0.29) is 5.91 Å². The molecule has 1 radical (unpaired) electrons. The van der Waals surface area contributed by atoms with E-state index in [2.05, 4.69) is 0 Å². The molecule has 8 heavy (non-hydrogen) atoms. The van der Waals surface area contributed by atoms with Crippen LogP contribution in [-0.4, -0.2) is 5.91 Å². The van der Waals surface area contributed by atoms with Crippen LogP contribution >= 0.6 is 0 Å². The minimum atomic E-state index is -0.216. The Morgan fingerprint density at radius 2 is 1.88 bits per heavy atom. The van der Waals surface area contributed by atoms with Crippen LogP contribution in [0.25, 0.3) is 0 Å². The number of nitrogens with two attached hydrogens (primary N) is 1. The molecule has 0 heterocycles. The SMILES string of the molecule is C[C](C)CCC(N)=O. The highest BCUT2D eigenvalue weighted by Crippen LogP contribution is 2.03. The summed E-state index contributed by atoms with van der Waals surface area (Å²) in [5.74, 6) is 1.04. The largest absolute Gasteiger partial charge is 0.370 e. The molecule has 0 aliphatic rings. The molecule has 0 aliphatic heterocycles. The summed E-state index contributed by atoms with van der Waals surface area (Å²) < 4.78 is 0. The monoisotopic (exact) mass is 114 g/mol. The first-order valence-electron chi connectivity index (χ1n) is 2.70. The van der Waals surface area contributed by atoms with Gasteiger partial charge in [-0.2, -0.15) is 0 Å². The molecule has 0 aliphatic carbocycles. The van der Waals surface area contributed by atoms with Crippen LogP contribution in [0.2, 0.25) is 0 Å². The van der Waals surface area contributed by atoms with Gasteiger partial charge in [-0.25, -0.2) is 0 Å². The maximum Gasteiger partial charge on any atom is 0.217 e. The third-order valence-electron chi connectivity index (χ3n) is 0.871. The molecule has 0 aromatic carbocycles. The molecule has 2 N–H and O–H groups in total. The zero-order valence-electron chi connectivity index (χ0n) is 5.40. The Labute approximate surface area is 50.1 Å². The number of rotatable bonds is 3. The fourth-order valence-corrected chi connectivity index (χ4v) is 0.373. The van der Waals surface area contributed by atoms with Crippen molar-refractivity contribution < 1.29 is 4.79 Å². The Balaban J connectivity index is 3.05. The van der Waals surface area contributed by atoms with Crippen molar-refractivity contribution in [2.24, 2.45) is 5.73 Å². The standard InChI is InChI=1S/C6H12NO/c1-5(2)3-4-6(7)8/h3-4H2,1-2H3,(H2,7,8). The Morgan fingerprint density at radius 1 is 1.38 bits per heavy atom. The summed E-state index contributed by atoms with van der Waals surface area (Å²) >= 11 is 0. The van der Waals surface area contributed by atoms with Crippen molar-refractivity contribution >= 4 is 5.91 Å². The normalized spacial score (nSPS) is 9.88. The van der Waals surface area contributed by atoms with Gasteiger partial charge in [-0.1, -0.05) is 13.8 Å². The molecule has 2 nitrogen and oxygen atoms in total. The first-order valence-corrected chi connectivity index (χ1v) is 2.70. The van der Waals surface area contributed by atoms with Crippen LogP contribution in [-0.2, 0) is 4.79 Å². The second-order valence-electron chi connectivity index (χ2n) is 2.17. The molecule has 1 amide bonds. The number of carbonyl (C=O) groups is 1. The highest BCUT2D eigenvalue weighted by Gasteiger charge is 1.96. The van der Waals surface area contributed by atoms with Crippen LogP contribution in [0.15, 0.2) is 0 Å². The zero-order chi connectivity index (χ0) is 6.57. The number of amides is 1. The lowest BCUT2D eigenvalue weighted by atomic mass is 10.1. The number of hydrogen-bond donors (Lipinski definition) is 1. The quantitative estimate of drug-likeness (QED) is 0.581. The summed E-state index contributed by atoms with van der Waals surface area (Å²) in [6.45, 7) is 3.98. The average molecular weight is 114 g/mol.